The summed E-state index contributed by atoms with van der Waals surface area (Å²) in [6.07, 6.45) is 3.53. The van der Waals surface area contributed by atoms with Crippen LogP contribution in [0.5, 0.6) is 5.75 Å². The van der Waals surface area contributed by atoms with E-state index in [0.29, 0.717) is 18.7 Å². The number of aromatic nitrogens is 1. The lowest BCUT2D eigenvalue weighted by molar-refractivity contribution is 0.0796. The number of carbonyl (C=O) groups is 1. The van der Waals surface area contributed by atoms with E-state index in [1.165, 1.54) is 0 Å². The molecule has 0 atom stereocenters. The zero-order valence-electron chi connectivity index (χ0n) is 14.8. The summed E-state index contributed by atoms with van der Waals surface area (Å²) in [6, 6.07) is 7.65. The smallest absolute Gasteiger partial charge is 0.253 e. The molecular weight excluding hydrogens is 302 g/mol. The molecule has 2 aromatic rings. The fraction of sp³-hybridized carbons (Fsp3) is 0.368. The Kier molecular flexibility index (Phi) is 6.32. The van der Waals surface area contributed by atoms with Crippen molar-refractivity contribution in [3.05, 3.63) is 58.9 Å². The van der Waals surface area contributed by atoms with Gasteiger partial charge in [0, 0.05) is 43.7 Å². The third-order valence-corrected chi connectivity index (χ3v) is 3.86. The van der Waals surface area contributed by atoms with Gasteiger partial charge in [-0.3, -0.25) is 9.78 Å². The van der Waals surface area contributed by atoms with E-state index >= 15 is 0 Å². The fourth-order valence-corrected chi connectivity index (χ4v) is 2.54. The topological polar surface area (TPSA) is 54.5 Å². The summed E-state index contributed by atoms with van der Waals surface area (Å²) >= 11 is 0. The van der Waals surface area contributed by atoms with Gasteiger partial charge in [0.2, 0.25) is 0 Å². The van der Waals surface area contributed by atoms with Gasteiger partial charge in [-0.25, -0.2) is 0 Å². The largest absolute Gasteiger partial charge is 0.488 e. The van der Waals surface area contributed by atoms with Crippen LogP contribution in [-0.4, -0.2) is 43.0 Å². The molecule has 0 aliphatic carbocycles. The van der Waals surface area contributed by atoms with Crippen LogP contribution in [0.4, 0.5) is 0 Å². The van der Waals surface area contributed by atoms with Crippen molar-refractivity contribution in [2.24, 2.45) is 0 Å². The molecule has 0 saturated carbocycles. The van der Waals surface area contributed by atoms with Crippen molar-refractivity contribution in [2.45, 2.75) is 20.5 Å². The second-order valence-corrected chi connectivity index (χ2v) is 5.92. The number of amides is 1. The molecule has 0 unspecified atom stereocenters. The standard InChI is InChI=1S/C19H25N3O2/c1-14-10-17(19(23)22(4)9-8-20-3)11-15(2)18(14)24-13-16-6-5-7-21-12-16/h5-7,10-12,20H,8-9,13H2,1-4H3. The predicted molar refractivity (Wildman–Crippen MR) is 95.4 cm³/mol. The Hall–Kier alpha value is -2.40. The summed E-state index contributed by atoms with van der Waals surface area (Å²) in [5.41, 5.74) is 3.63. The van der Waals surface area contributed by atoms with E-state index in [1.807, 2.05) is 52.2 Å². The van der Waals surface area contributed by atoms with Crippen LogP contribution in [0.2, 0.25) is 0 Å². The van der Waals surface area contributed by atoms with Crippen LogP contribution in [0.1, 0.15) is 27.0 Å². The van der Waals surface area contributed by atoms with E-state index in [-0.39, 0.29) is 5.91 Å². The Morgan fingerprint density at radius 3 is 2.58 bits per heavy atom. The summed E-state index contributed by atoms with van der Waals surface area (Å²) in [6.45, 7) is 5.84. The number of aryl methyl sites for hydroxylation is 2. The maximum Gasteiger partial charge on any atom is 0.253 e. The highest BCUT2D eigenvalue weighted by Crippen LogP contribution is 2.26. The lowest BCUT2D eigenvalue weighted by Gasteiger charge is -2.19. The number of hydrogen-bond donors (Lipinski definition) is 1. The zero-order valence-corrected chi connectivity index (χ0v) is 14.8. The molecule has 0 fully saturated rings. The third kappa shape index (κ3) is 4.55. The number of benzene rings is 1. The van der Waals surface area contributed by atoms with Gasteiger partial charge in [-0.1, -0.05) is 6.07 Å². The second-order valence-electron chi connectivity index (χ2n) is 5.92. The number of carbonyl (C=O) groups excluding carboxylic acids is 1. The summed E-state index contributed by atoms with van der Waals surface area (Å²) in [4.78, 5) is 18.3. The first-order valence-electron chi connectivity index (χ1n) is 8.06. The maximum atomic E-state index is 12.5. The molecule has 0 radical (unpaired) electrons. The summed E-state index contributed by atoms with van der Waals surface area (Å²) in [5, 5.41) is 3.05. The van der Waals surface area contributed by atoms with Gasteiger partial charge in [-0.15, -0.1) is 0 Å². The van der Waals surface area contributed by atoms with Crippen LogP contribution >= 0.6 is 0 Å². The molecule has 1 heterocycles. The Bertz CT molecular complexity index is 663. The van der Waals surface area contributed by atoms with Gasteiger partial charge in [0.1, 0.15) is 12.4 Å². The summed E-state index contributed by atoms with van der Waals surface area (Å²) in [7, 11) is 3.69. The van der Waals surface area contributed by atoms with Crippen molar-refractivity contribution in [3.8, 4) is 5.75 Å². The fourth-order valence-electron chi connectivity index (χ4n) is 2.54. The molecule has 2 rings (SSSR count). The Morgan fingerprint density at radius 2 is 2.00 bits per heavy atom. The van der Waals surface area contributed by atoms with Gasteiger partial charge in [0.15, 0.2) is 0 Å². The van der Waals surface area contributed by atoms with Crippen LogP contribution in [0.15, 0.2) is 36.7 Å². The third-order valence-electron chi connectivity index (χ3n) is 3.86. The highest BCUT2D eigenvalue weighted by molar-refractivity contribution is 5.94. The van der Waals surface area contributed by atoms with Crippen LogP contribution in [0.3, 0.4) is 0 Å². The maximum absolute atomic E-state index is 12.5. The molecule has 24 heavy (non-hydrogen) atoms. The van der Waals surface area contributed by atoms with Gasteiger partial charge in [0.05, 0.1) is 0 Å². The van der Waals surface area contributed by atoms with Gasteiger partial charge in [-0.05, 0) is 50.2 Å². The van der Waals surface area contributed by atoms with E-state index < -0.39 is 0 Å². The minimum absolute atomic E-state index is 0.0234. The molecular formula is C19H25N3O2. The first-order valence-corrected chi connectivity index (χ1v) is 8.06. The lowest BCUT2D eigenvalue weighted by Crippen LogP contribution is -2.32. The van der Waals surface area contributed by atoms with Crippen LogP contribution < -0.4 is 10.1 Å². The van der Waals surface area contributed by atoms with E-state index in [4.69, 9.17) is 4.74 Å². The van der Waals surface area contributed by atoms with Crippen molar-refractivity contribution in [2.75, 3.05) is 27.2 Å². The number of likely N-dealkylation sites (N-methyl/N-ethyl adjacent to an activating group) is 2. The van der Waals surface area contributed by atoms with Gasteiger partial charge in [-0.2, -0.15) is 0 Å². The number of nitrogens with one attached hydrogen (secondary N) is 1. The van der Waals surface area contributed by atoms with Crippen molar-refractivity contribution in [1.82, 2.24) is 15.2 Å². The molecule has 0 bridgehead atoms. The van der Waals surface area contributed by atoms with Crippen molar-refractivity contribution < 1.29 is 9.53 Å². The Morgan fingerprint density at radius 1 is 1.29 bits per heavy atom. The molecule has 5 heteroatoms. The van der Waals surface area contributed by atoms with E-state index in [2.05, 4.69) is 10.3 Å². The number of ether oxygens (including phenoxy) is 1. The van der Waals surface area contributed by atoms with E-state index in [1.54, 1.807) is 17.3 Å². The lowest BCUT2D eigenvalue weighted by atomic mass is 10.0. The molecule has 1 aromatic carbocycles. The monoisotopic (exact) mass is 327 g/mol. The Labute approximate surface area is 143 Å². The molecule has 0 spiro atoms. The highest BCUT2D eigenvalue weighted by atomic mass is 16.5. The SMILES string of the molecule is CNCCN(C)C(=O)c1cc(C)c(OCc2cccnc2)c(C)c1. The molecule has 0 aliphatic rings. The minimum Gasteiger partial charge on any atom is -0.488 e. The number of hydrogen-bond acceptors (Lipinski definition) is 4. The molecule has 1 N–H and O–H groups in total. The summed E-state index contributed by atoms with van der Waals surface area (Å²) < 4.78 is 5.94. The van der Waals surface area contributed by atoms with Gasteiger partial charge < -0.3 is 15.0 Å². The average Bonchev–Trinajstić information content (AvgIpc) is 2.59. The van der Waals surface area contributed by atoms with Crippen molar-refractivity contribution in [1.29, 1.82) is 0 Å². The number of pyridine rings is 1. The molecule has 5 nitrogen and oxygen atoms in total. The quantitative estimate of drug-likeness (QED) is 0.849. The van der Waals surface area contributed by atoms with Crippen molar-refractivity contribution >= 4 is 5.91 Å². The Balaban J connectivity index is 2.11. The second kappa shape index (κ2) is 8.45. The predicted octanol–water partition coefficient (Wildman–Crippen LogP) is 2.57. The first-order chi connectivity index (χ1) is 11.5. The van der Waals surface area contributed by atoms with Gasteiger partial charge in [0.25, 0.3) is 5.91 Å². The molecule has 0 saturated heterocycles. The zero-order chi connectivity index (χ0) is 17.5. The van der Waals surface area contributed by atoms with Crippen LogP contribution in [0, 0.1) is 13.8 Å². The number of nitrogens with zero attached hydrogens (tertiary/aromatic N) is 2. The molecule has 128 valence electrons. The molecule has 0 aliphatic heterocycles. The minimum atomic E-state index is 0.0234. The van der Waals surface area contributed by atoms with Crippen LogP contribution in [-0.2, 0) is 6.61 Å². The number of rotatable bonds is 7. The van der Waals surface area contributed by atoms with Gasteiger partial charge >= 0.3 is 0 Å². The van der Waals surface area contributed by atoms with E-state index in [9.17, 15) is 4.79 Å². The summed E-state index contributed by atoms with van der Waals surface area (Å²) in [5.74, 6) is 0.851. The van der Waals surface area contributed by atoms with Crippen LogP contribution in [0.25, 0.3) is 0 Å². The molecule has 1 amide bonds. The average molecular weight is 327 g/mol. The normalized spacial score (nSPS) is 10.5. The highest BCUT2D eigenvalue weighted by Gasteiger charge is 2.15. The van der Waals surface area contributed by atoms with E-state index in [0.717, 1.165) is 29.0 Å². The molecule has 1 aromatic heterocycles. The van der Waals surface area contributed by atoms with Crippen molar-refractivity contribution in [3.63, 3.8) is 0 Å². The first kappa shape index (κ1) is 17.9.